The molecule has 0 saturated carbocycles. The molecule has 3 heterocycles. The number of ether oxygens (including phenoxy) is 1. The average molecular weight is 507 g/mol. The Morgan fingerprint density at radius 2 is 1.15 bits per heavy atom. The molecule has 0 spiro atoms. The van der Waals surface area contributed by atoms with Crippen LogP contribution >= 0.6 is 0 Å². The molecule has 0 N–H and O–H groups in total. The number of para-hydroxylation sites is 6. The first-order valence-electron chi connectivity index (χ1n) is 16.6. The number of fused-ring (bicyclic) bond motifs is 8. The van der Waals surface area contributed by atoms with E-state index in [2.05, 4.69) is 22.8 Å². The van der Waals surface area contributed by atoms with E-state index in [0.717, 1.165) is 50.1 Å². The number of benzene rings is 6. The van der Waals surface area contributed by atoms with E-state index < -0.39 is 24.2 Å². The summed E-state index contributed by atoms with van der Waals surface area (Å²) in [6.45, 7) is 0. The van der Waals surface area contributed by atoms with E-state index in [4.69, 9.17) is 15.7 Å². The maximum absolute atomic E-state index is 8.80. The molecule has 0 saturated heterocycles. The monoisotopic (exact) mass is 506 g/mol. The molecular formula is C36H22N2O. The third kappa shape index (κ3) is 2.76. The Hall–Kier alpha value is -5.28. The molecule has 2 aromatic heterocycles. The van der Waals surface area contributed by atoms with Crippen molar-refractivity contribution in [2.24, 2.45) is 0 Å². The molecule has 3 heteroatoms. The molecule has 39 heavy (non-hydrogen) atoms. The van der Waals surface area contributed by atoms with Crippen LogP contribution in [0, 0.1) is 0 Å². The molecule has 1 aliphatic rings. The van der Waals surface area contributed by atoms with Crippen LogP contribution in [0.1, 0.15) is 11.0 Å². The van der Waals surface area contributed by atoms with Gasteiger partial charge in [0.1, 0.15) is 0 Å². The standard InChI is InChI=1S/C36H22N2O/c1-3-14-30-26(9-1)27-10-2-4-15-31(27)37(30)24-21-19-23(20-22-24)25-11-7-12-28-29-13-8-18-34-36(29)38(35(25)28)32-16-5-6-17-33(32)39-34/h1-22H/i1D,2D,3D,4D,9D,10D,14D,15D. The number of hydrogen-bond donors (Lipinski definition) is 0. The van der Waals surface area contributed by atoms with Crippen molar-refractivity contribution in [1.82, 2.24) is 9.13 Å². The minimum Gasteiger partial charge on any atom is -0.453 e. The second kappa shape index (κ2) is 7.62. The van der Waals surface area contributed by atoms with E-state index in [9.17, 15) is 0 Å². The maximum atomic E-state index is 8.80. The summed E-state index contributed by atoms with van der Waals surface area (Å²) in [5, 5.41) is 2.25. The first-order chi connectivity index (χ1) is 22.7. The average Bonchev–Trinajstić information content (AvgIpc) is 3.64. The summed E-state index contributed by atoms with van der Waals surface area (Å²) < 4.78 is 78.4. The lowest BCUT2D eigenvalue weighted by Gasteiger charge is -2.21. The van der Waals surface area contributed by atoms with Gasteiger partial charge in [-0.3, -0.25) is 0 Å². The van der Waals surface area contributed by atoms with Crippen LogP contribution in [0.3, 0.4) is 0 Å². The van der Waals surface area contributed by atoms with Gasteiger partial charge in [-0.1, -0.05) is 90.9 Å². The fourth-order valence-electron chi connectivity index (χ4n) is 5.96. The van der Waals surface area contributed by atoms with Gasteiger partial charge < -0.3 is 13.9 Å². The first-order valence-corrected chi connectivity index (χ1v) is 12.6. The van der Waals surface area contributed by atoms with E-state index in [1.807, 2.05) is 66.7 Å². The van der Waals surface area contributed by atoms with Crippen LogP contribution in [0.2, 0.25) is 0 Å². The van der Waals surface area contributed by atoms with Gasteiger partial charge in [-0.15, -0.1) is 0 Å². The van der Waals surface area contributed by atoms with Gasteiger partial charge in [0, 0.05) is 32.8 Å². The molecule has 0 unspecified atom stereocenters. The summed E-state index contributed by atoms with van der Waals surface area (Å²) in [7, 11) is 0. The lowest BCUT2D eigenvalue weighted by atomic mass is 10.0. The predicted molar refractivity (Wildman–Crippen MR) is 161 cm³/mol. The SMILES string of the molecule is [2H]c1c([2H])c([2H])c2c(c1[2H])c1c([2H])c([2H])c([2H])c([2H])c1n2-c1ccc(-c2cccc3c4cccc5c4n(c23)-c2ccccc2O5)cc1. The summed E-state index contributed by atoms with van der Waals surface area (Å²) >= 11 is 0. The zero-order valence-corrected chi connectivity index (χ0v) is 20.4. The van der Waals surface area contributed by atoms with Gasteiger partial charge in [0.2, 0.25) is 0 Å². The van der Waals surface area contributed by atoms with Crippen molar-refractivity contribution in [3.05, 3.63) is 133 Å². The van der Waals surface area contributed by atoms with E-state index in [1.165, 1.54) is 4.57 Å². The third-order valence-electron chi connectivity index (χ3n) is 7.57. The second-order valence-corrected chi connectivity index (χ2v) is 9.59. The van der Waals surface area contributed by atoms with Crippen LogP contribution in [0.15, 0.2) is 133 Å². The molecule has 3 nitrogen and oxygen atoms in total. The predicted octanol–water partition coefficient (Wildman–Crippen LogP) is 9.65. The summed E-state index contributed by atoms with van der Waals surface area (Å²) in [5.74, 6) is 1.54. The second-order valence-electron chi connectivity index (χ2n) is 9.59. The topological polar surface area (TPSA) is 19.1 Å². The fourth-order valence-corrected chi connectivity index (χ4v) is 5.96. The number of hydrogen-bond acceptors (Lipinski definition) is 1. The van der Waals surface area contributed by atoms with Crippen LogP contribution in [-0.2, 0) is 0 Å². The Kier molecular flexibility index (Phi) is 2.85. The van der Waals surface area contributed by atoms with Gasteiger partial charge >= 0.3 is 0 Å². The minimum atomic E-state index is -0.462. The Bertz CT molecular complexity index is 2620. The molecule has 0 aliphatic carbocycles. The molecule has 6 aromatic carbocycles. The van der Waals surface area contributed by atoms with Gasteiger partial charge in [-0.05, 0) is 48.0 Å². The highest BCUT2D eigenvalue weighted by Gasteiger charge is 2.25. The quantitative estimate of drug-likeness (QED) is 0.228. The lowest BCUT2D eigenvalue weighted by Crippen LogP contribution is -2.04. The van der Waals surface area contributed by atoms with Gasteiger partial charge in [0.25, 0.3) is 0 Å². The molecular weight excluding hydrogens is 476 g/mol. The Morgan fingerprint density at radius 3 is 1.92 bits per heavy atom. The third-order valence-corrected chi connectivity index (χ3v) is 7.57. The Balaban J connectivity index is 1.33. The van der Waals surface area contributed by atoms with Crippen molar-refractivity contribution in [3.8, 4) is 34.0 Å². The number of rotatable bonds is 2. The summed E-state index contributed by atoms with van der Waals surface area (Å²) in [6.07, 6.45) is 0. The van der Waals surface area contributed by atoms with Crippen molar-refractivity contribution in [2.75, 3.05) is 0 Å². The highest BCUT2D eigenvalue weighted by molar-refractivity contribution is 6.16. The van der Waals surface area contributed by atoms with Crippen molar-refractivity contribution < 1.29 is 15.7 Å². The van der Waals surface area contributed by atoms with Gasteiger partial charge in [-0.25, -0.2) is 0 Å². The van der Waals surface area contributed by atoms with Crippen molar-refractivity contribution in [3.63, 3.8) is 0 Å². The van der Waals surface area contributed by atoms with E-state index >= 15 is 0 Å². The molecule has 0 bridgehead atoms. The summed E-state index contributed by atoms with van der Waals surface area (Å²) in [5.41, 5.74) is 5.49. The van der Waals surface area contributed by atoms with E-state index in [0.29, 0.717) is 5.69 Å². The minimum absolute atomic E-state index is 0.0579. The molecule has 182 valence electrons. The van der Waals surface area contributed by atoms with Crippen LogP contribution in [0.5, 0.6) is 11.5 Å². The molecule has 0 atom stereocenters. The van der Waals surface area contributed by atoms with E-state index in [1.54, 1.807) is 0 Å². The Labute approximate surface area is 236 Å². The first kappa shape index (κ1) is 14.6. The van der Waals surface area contributed by atoms with Crippen LogP contribution in [-0.4, -0.2) is 9.13 Å². The summed E-state index contributed by atoms with van der Waals surface area (Å²) in [6, 6.07) is 24.5. The van der Waals surface area contributed by atoms with Crippen molar-refractivity contribution in [1.29, 1.82) is 0 Å². The fraction of sp³-hybridized carbons (Fsp3) is 0. The maximum Gasteiger partial charge on any atom is 0.152 e. The molecule has 1 aliphatic heterocycles. The molecule has 0 radical (unpaired) electrons. The lowest BCUT2D eigenvalue weighted by molar-refractivity contribution is 0.476. The summed E-state index contributed by atoms with van der Waals surface area (Å²) in [4.78, 5) is 0. The smallest absolute Gasteiger partial charge is 0.152 e. The normalized spacial score (nSPS) is 15.2. The van der Waals surface area contributed by atoms with Gasteiger partial charge in [-0.2, -0.15) is 0 Å². The highest BCUT2D eigenvalue weighted by Crippen LogP contribution is 2.47. The van der Waals surface area contributed by atoms with Crippen LogP contribution in [0.25, 0.3) is 66.1 Å². The molecule has 0 fully saturated rings. The zero-order chi connectivity index (χ0) is 32.5. The van der Waals surface area contributed by atoms with Crippen molar-refractivity contribution in [2.45, 2.75) is 0 Å². The van der Waals surface area contributed by atoms with Crippen molar-refractivity contribution >= 4 is 43.6 Å². The number of aromatic nitrogens is 2. The molecule has 0 amide bonds. The van der Waals surface area contributed by atoms with Crippen LogP contribution in [0.4, 0.5) is 0 Å². The molecule has 8 aromatic rings. The molecule has 9 rings (SSSR count). The zero-order valence-electron chi connectivity index (χ0n) is 28.4. The van der Waals surface area contributed by atoms with Gasteiger partial charge in [0.05, 0.1) is 38.7 Å². The Morgan fingerprint density at radius 1 is 0.513 bits per heavy atom. The largest absolute Gasteiger partial charge is 0.453 e. The highest BCUT2D eigenvalue weighted by atomic mass is 16.5. The number of nitrogens with zero attached hydrogens (tertiary/aromatic N) is 2. The van der Waals surface area contributed by atoms with Gasteiger partial charge in [0.15, 0.2) is 11.5 Å². The van der Waals surface area contributed by atoms with Crippen LogP contribution < -0.4 is 4.74 Å². The van der Waals surface area contributed by atoms with E-state index in [-0.39, 0.29) is 46.0 Å².